The minimum Gasteiger partial charge on any atom is -0.441 e. The van der Waals surface area contributed by atoms with Gasteiger partial charge in [-0.15, -0.1) is 11.8 Å². The molecule has 0 saturated carbocycles. The monoisotopic (exact) mass is 349 g/mol. The fraction of sp³-hybridized carbons (Fsp3) is 0.438. The van der Waals surface area contributed by atoms with Gasteiger partial charge < -0.3 is 15.4 Å². The maximum atomic E-state index is 12.0. The molecule has 2 amide bonds. The molecule has 0 radical (unpaired) electrons. The Hall–Kier alpha value is -2.06. The van der Waals surface area contributed by atoms with Crippen molar-refractivity contribution in [2.24, 2.45) is 5.73 Å². The number of ketones is 1. The summed E-state index contributed by atoms with van der Waals surface area (Å²) < 4.78 is 4.61. The first-order chi connectivity index (χ1) is 11.3. The molecule has 8 heteroatoms. The van der Waals surface area contributed by atoms with Crippen LogP contribution in [0.2, 0.25) is 0 Å². The van der Waals surface area contributed by atoms with Crippen LogP contribution in [0.15, 0.2) is 30.3 Å². The quantitative estimate of drug-likeness (QED) is 0.620. The standard InChI is InChI=1S/C16H19N3O4S/c1-16(2)14(19-12(21)11(17)13(19)24-16)18-15(22)23-8-10(20)9-6-4-3-5-7-9/h3-7,11,13-14H,8,17H2,1-2H3,(H,18,22)/t11?,13-,14?/m1/s1. The third-order valence-electron chi connectivity index (χ3n) is 4.17. The molecule has 0 bridgehead atoms. The van der Waals surface area contributed by atoms with E-state index in [1.54, 1.807) is 47.0 Å². The summed E-state index contributed by atoms with van der Waals surface area (Å²) in [4.78, 5) is 37.4. The Morgan fingerprint density at radius 1 is 1.33 bits per heavy atom. The van der Waals surface area contributed by atoms with E-state index in [-0.39, 0.29) is 23.7 Å². The molecule has 128 valence electrons. The Morgan fingerprint density at radius 3 is 2.67 bits per heavy atom. The van der Waals surface area contributed by atoms with E-state index in [1.165, 1.54) is 0 Å². The zero-order valence-electron chi connectivity index (χ0n) is 13.4. The Balaban J connectivity index is 1.57. The molecule has 2 heterocycles. The third kappa shape index (κ3) is 2.87. The zero-order valence-corrected chi connectivity index (χ0v) is 14.2. The molecule has 2 unspecified atom stereocenters. The number of alkyl carbamates (subject to hydrolysis) is 1. The highest BCUT2D eigenvalue weighted by atomic mass is 32.2. The van der Waals surface area contributed by atoms with E-state index >= 15 is 0 Å². The van der Waals surface area contributed by atoms with Crippen molar-refractivity contribution in [1.29, 1.82) is 0 Å². The zero-order chi connectivity index (χ0) is 17.5. The first kappa shape index (κ1) is 16.8. The van der Waals surface area contributed by atoms with Crippen molar-refractivity contribution in [1.82, 2.24) is 10.2 Å². The Labute approximate surface area is 143 Å². The predicted molar refractivity (Wildman–Crippen MR) is 89.3 cm³/mol. The first-order valence-electron chi connectivity index (χ1n) is 7.58. The Bertz CT molecular complexity index is 679. The van der Waals surface area contributed by atoms with Crippen molar-refractivity contribution in [3.05, 3.63) is 35.9 Å². The topological polar surface area (TPSA) is 102 Å². The van der Waals surface area contributed by atoms with Gasteiger partial charge in [-0.1, -0.05) is 30.3 Å². The lowest BCUT2D eigenvalue weighted by Crippen LogP contribution is -2.70. The average Bonchev–Trinajstić information content (AvgIpc) is 2.81. The molecule has 0 aliphatic carbocycles. The number of ether oxygens (including phenoxy) is 1. The van der Waals surface area contributed by atoms with E-state index in [2.05, 4.69) is 5.32 Å². The van der Waals surface area contributed by atoms with Gasteiger partial charge in [0.15, 0.2) is 12.4 Å². The second kappa shape index (κ2) is 6.10. The summed E-state index contributed by atoms with van der Waals surface area (Å²) >= 11 is 1.54. The molecule has 0 spiro atoms. The van der Waals surface area contributed by atoms with Crippen molar-refractivity contribution < 1.29 is 19.1 Å². The SMILES string of the molecule is CC1(C)S[C@@H]2C(N)C(=O)N2C1NC(=O)OCC(=O)c1ccccc1. The average molecular weight is 349 g/mol. The van der Waals surface area contributed by atoms with Crippen LogP contribution in [0.5, 0.6) is 0 Å². The van der Waals surface area contributed by atoms with Gasteiger partial charge in [0.05, 0.1) is 4.75 Å². The van der Waals surface area contributed by atoms with Gasteiger partial charge in [-0.05, 0) is 13.8 Å². The number of nitrogens with zero attached hydrogens (tertiary/aromatic N) is 1. The number of hydrogen-bond acceptors (Lipinski definition) is 6. The highest BCUT2D eigenvalue weighted by Gasteiger charge is 2.60. The minimum absolute atomic E-state index is 0.135. The van der Waals surface area contributed by atoms with Crippen molar-refractivity contribution in [3.8, 4) is 0 Å². The molecule has 7 nitrogen and oxygen atoms in total. The fourth-order valence-electron chi connectivity index (χ4n) is 2.86. The van der Waals surface area contributed by atoms with Crippen LogP contribution < -0.4 is 11.1 Å². The molecule has 24 heavy (non-hydrogen) atoms. The van der Waals surface area contributed by atoms with Gasteiger partial charge in [-0.25, -0.2) is 4.79 Å². The van der Waals surface area contributed by atoms with E-state index in [1.807, 2.05) is 13.8 Å². The third-order valence-corrected chi connectivity index (χ3v) is 5.76. The molecule has 2 saturated heterocycles. The van der Waals surface area contributed by atoms with Gasteiger partial charge in [0.2, 0.25) is 5.91 Å². The Morgan fingerprint density at radius 2 is 2.00 bits per heavy atom. The van der Waals surface area contributed by atoms with Crippen LogP contribution in [-0.2, 0) is 9.53 Å². The molecular formula is C16H19N3O4S. The van der Waals surface area contributed by atoms with E-state index in [0.717, 1.165) is 0 Å². The number of thioether (sulfide) groups is 1. The summed E-state index contributed by atoms with van der Waals surface area (Å²) in [6.45, 7) is 3.50. The number of β-lactam (4-membered cyclic amide) rings is 1. The molecule has 3 rings (SSSR count). The van der Waals surface area contributed by atoms with Gasteiger partial charge in [0.25, 0.3) is 0 Å². The molecule has 2 aliphatic heterocycles. The van der Waals surface area contributed by atoms with Crippen LogP contribution in [0.1, 0.15) is 24.2 Å². The number of amides is 2. The molecule has 2 aliphatic rings. The van der Waals surface area contributed by atoms with Crippen LogP contribution in [-0.4, -0.2) is 51.6 Å². The normalized spacial score (nSPS) is 27.2. The molecule has 2 fully saturated rings. The summed E-state index contributed by atoms with van der Waals surface area (Å²) in [5, 5.41) is 2.54. The van der Waals surface area contributed by atoms with E-state index in [4.69, 9.17) is 10.5 Å². The highest BCUT2D eigenvalue weighted by molar-refractivity contribution is 8.01. The van der Waals surface area contributed by atoms with Gasteiger partial charge in [0, 0.05) is 5.56 Å². The second-order valence-electron chi connectivity index (χ2n) is 6.30. The number of carbonyl (C=O) groups excluding carboxylic acids is 3. The number of fused-ring (bicyclic) bond motifs is 1. The van der Waals surface area contributed by atoms with Crippen LogP contribution in [0, 0.1) is 0 Å². The number of Topliss-reactive ketones (excluding diaryl/α,β-unsaturated/α-hetero) is 1. The van der Waals surface area contributed by atoms with Crippen LogP contribution >= 0.6 is 11.8 Å². The van der Waals surface area contributed by atoms with Crippen LogP contribution in [0.4, 0.5) is 4.79 Å². The van der Waals surface area contributed by atoms with Gasteiger partial charge in [-0.3, -0.25) is 14.9 Å². The van der Waals surface area contributed by atoms with Crippen molar-refractivity contribution in [2.75, 3.05) is 6.61 Å². The maximum Gasteiger partial charge on any atom is 0.409 e. The minimum atomic E-state index is -0.730. The number of nitrogens with two attached hydrogens (primary N) is 1. The summed E-state index contributed by atoms with van der Waals surface area (Å²) in [5.74, 6) is -0.477. The molecule has 3 atom stereocenters. The van der Waals surface area contributed by atoms with Crippen LogP contribution in [0.25, 0.3) is 0 Å². The van der Waals surface area contributed by atoms with Crippen molar-refractivity contribution in [3.63, 3.8) is 0 Å². The maximum absolute atomic E-state index is 12.0. The lowest BCUT2D eigenvalue weighted by molar-refractivity contribution is -0.147. The first-order valence-corrected chi connectivity index (χ1v) is 8.46. The summed E-state index contributed by atoms with van der Waals surface area (Å²) in [6, 6.07) is 8.07. The van der Waals surface area contributed by atoms with Gasteiger partial charge >= 0.3 is 6.09 Å². The number of rotatable bonds is 4. The predicted octanol–water partition coefficient (Wildman–Crippen LogP) is 0.943. The smallest absolute Gasteiger partial charge is 0.409 e. The lowest BCUT2D eigenvalue weighted by atomic mass is 10.0. The Kier molecular flexibility index (Phi) is 4.27. The molecular weight excluding hydrogens is 330 g/mol. The van der Waals surface area contributed by atoms with Crippen molar-refractivity contribution in [2.45, 2.75) is 36.2 Å². The largest absolute Gasteiger partial charge is 0.441 e. The van der Waals surface area contributed by atoms with E-state index in [0.29, 0.717) is 5.56 Å². The summed E-state index contributed by atoms with van der Waals surface area (Å²) in [6.07, 6.45) is -1.24. The highest BCUT2D eigenvalue weighted by Crippen LogP contribution is 2.49. The lowest BCUT2D eigenvalue weighted by Gasteiger charge is -2.42. The molecule has 1 aromatic carbocycles. The number of carbonyl (C=O) groups is 3. The summed E-state index contributed by atoms with van der Waals surface area (Å²) in [7, 11) is 0. The molecule has 1 aromatic rings. The number of nitrogens with one attached hydrogen (secondary N) is 1. The van der Waals surface area contributed by atoms with Gasteiger partial charge in [0.1, 0.15) is 17.6 Å². The van der Waals surface area contributed by atoms with Crippen LogP contribution in [0.3, 0.4) is 0 Å². The number of hydrogen-bond donors (Lipinski definition) is 2. The summed E-state index contributed by atoms with van der Waals surface area (Å²) in [5.41, 5.74) is 6.26. The second-order valence-corrected chi connectivity index (χ2v) is 8.07. The number of benzene rings is 1. The van der Waals surface area contributed by atoms with E-state index in [9.17, 15) is 14.4 Å². The molecule has 3 N–H and O–H groups in total. The van der Waals surface area contributed by atoms with E-state index < -0.39 is 23.0 Å². The van der Waals surface area contributed by atoms with Crippen molar-refractivity contribution >= 4 is 29.5 Å². The fourth-order valence-corrected chi connectivity index (χ4v) is 4.39. The van der Waals surface area contributed by atoms with Gasteiger partial charge in [-0.2, -0.15) is 0 Å². The molecule has 0 aromatic heterocycles.